The Kier molecular flexibility index (Phi) is 6.57. The van der Waals surface area contributed by atoms with Crippen molar-refractivity contribution in [1.29, 1.82) is 0 Å². The van der Waals surface area contributed by atoms with Gasteiger partial charge in [0.1, 0.15) is 17.0 Å². The van der Waals surface area contributed by atoms with E-state index in [1.54, 1.807) is 39.4 Å². The summed E-state index contributed by atoms with van der Waals surface area (Å²) in [5.74, 6) is 0.951. The predicted octanol–water partition coefficient (Wildman–Crippen LogP) is 5.07. The van der Waals surface area contributed by atoms with E-state index >= 15 is 0 Å². The average molecular weight is 509 g/mol. The lowest BCUT2D eigenvalue weighted by Crippen LogP contribution is -2.30. The van der Waals surface area contributed by atoms with Crippen LogP contribution in [-0.4, -0.2) is 31.6 Å². The van der Waals surface area contributed by atoms with Gasteiger partial charge in [-0.25, -0.2) is 0 Å². The Morgan fingerprint density at radius 1 is 1.25 bits per heavy atom. The molecule has 4 aromatic rings. The van der Waals surface area contributed by atoms with E-state index in [0.29, 0.717) is 28.1 Å². The minimum absolute atomic E-state index is 0.0496. The summed E-state index contributed by atoms with van der Waals surface area (Å²) in [7, 11) is 1.67. The zero-order valence-electron chi connectivity index (χ0n) is 21.9. The lowest BCUT2D eigenvalue weighted by Gasteiger charge is -2.17. The molecule has 0 aliphatic heterocycles. The number of rotatable bonds is 6. The van der Waals surface area contributed by atoms with E-state index in [-0.39, 0.29) is 17.5 Å². The van der Waals surface area contributed by atoms with E-state index in [4.69, 9.17) is 4.74 Å². The minimum atomic E-state index is -1.11. The number of nitrogens with zero attached hydrogens (tertiary/aromatic N) is 2. The van der Waals surface area contributed by atoms with Crippen LogP contribution in [0, 0.1) is 20.8 Å². The van der Waals surface area contributed by atoms with Crippen molar-refractivity contribution in [3.63, 3.8) is 0 Å². The molecular weight excluding hydrogens is 476 g/mol. The third-order valence-electron chi connectivity index (χ3n) is 6.00. The number of aromatic amines is 1. The standard InChI is InChI=1S/C27H32N4O4S/c1-13(2)29-25(32)19-11-17-18(12-31(8)26(33)20(17)30-19)23-22(15(4)24(36-23)27(6,7)34)35-21-14(3)9-10-28-16(21)5/h9-13,30,34H,1-8H3,(H,29,32). The molecule has 3 N–H and O–H groups in total. The SMILES string of the molecule is Cc1ccnc(C)c1Oc1c(-c2cn(C)c(=O)c3[nH]c(C(=O)NC(C)C)cc23)sc(C(C)(C)O)c1C. The number of carbonyl (C=O) groups excluding carboxylic acids is 1. The van der Waals surface area contributed by atoms with E-state index in [9.17, 15) is 14.7 Å². The molecule has 1 amide bonds. The van der Waals surface area contributed by atoms with Crippen molar-refractivity contribution in [3.8, 4) is 21.9 Å². The van der Waals surface area contributed by atoms with Crippen LogP contribution in [0.5, 0.6) is 11.5 Å². The molecule has 4 heterocycles. The van der Waals surface area contributed by atoms with Crippen molar-refractivity contribution >= 4 is 28.1 Å². The minimum Gasteiger partial charge on any atom is -0.453 e. The second kappa shape index (κ2) is 9.22. The zero-order valence-corrected chi connectivity index (χ0v) is 22.7. The maximum atomic E-state index is 13.0. The first-order valence-corrected chi connectivity index (χ1v) is 12.6. The number of aromatic nitrogens is 3. The normalized spacial score (nSPS) is 11.9. The van der Waals surface area contributed by atoms with Gasteiger partial charge in [-0.3, -0.25) is 14.6 Å². The van der Waals surface area contributed by atoms with Gasteiger partial charge in [0.05, 0.1) is 16.2 Å². The summed E-state index contributed by atoms with van der Waals surface area (Å²) >= 11 is 1.41. The molecule has 0 unspecified atom stereocenters. The van der Waals surface area contributed by atoms with Gasteiger partial charge in [-0.1, -0.05) is 0 Å². The quantitative estimate of drug-likeness (QED) is 0.337. The number of thiophene rings is 1. The Morgan fingerprint density at radius 3 is 2.56 bits per heavy atom. The average Bonchev–Trinajstić information content (AvgIpc) is 3.35. The van der Waals surface area contributed by atoms with Crippen molar-refractivity contribution in [2.75, 3.05) is 0 Å². The summed E-state index contributed by atoms with van der Waals surface area (Å²) in [4.78, 5) is 34.6. The molecule has 0 radical (unpaired) electrons. The molecule has 0 atom stereocenters. The summed E-state index contributed by atoms with van der Waals surface area (Å²) < 4.78 is 8.01. The first-order valence-electron chi connectivity index (χ1n) is 11.8. The van der Waals surface area contributed by atoms with Gasteiger partial charge in [0.25, 0.3) is 11.5 Å². The van der Waals surface area contributed by atoms with Crippen LogP contribution >= 0.6 is 11.3 Å². The number of aryl methyl sites for hydroxylation is 3. The smallest absolute Gasteiger partial charge is 0.274 e. The van der Waals surface area contributed by atoms with Crippen molar-refractivity contribution in [1.82, 2.24) is 19.9 Å². The van der Waals surface area contributed by atoms with Gasteiger partial charge in [0, 0.05) is 46.9 Å². The van der Waals surface area contributed by atoms with Gasteiger partial charge >= 0.3 is 0 Å². The van der Waals surface area contributed by atoms with Gasteiger partial charge < -0.3 is 24.7 Å². The Hall–Kier alpha value is -3.43. The molecular formula is C27H32N4O4S. The topological polar surface area (TPSA) is 109 Å². The molecule has 9 heteroatoms. The molecule has 0 aliphatic carbocycles. The molecule has 0 fully saturated rings. The Labute approximate surface area is 214 Å². The summed E-state index contributed by atoms with van der Waals surface area (Å²) in [5, 5.41) is 14.4. The molecule has 0 aromatic carbocycles. The van der Waals surface area contributed by atoms with Gasteiger partial charge in [-0.15, -0.1) is 11.3 Å². The van der Waals surface area contributed by atoms with Crippen molar-refractivity contribution in [2.45, 2.75) is 60.1 Å². The highest BCUT2D eigenvalue weighted by Gasteiger charge is 2.30. The third-order valence-corrected chi connectivity index (χ3v) is 7.62. The lowest BCUT2D eigenvalue weighted by molar-refractivity contribution is 0.0817. The summed E-state index contributed by atoms with van der Waals surface area (Å²) in [6, 6.07) is 3.54. The van der Waals surface area contributed by atoms with Crippen LogP contribution in [0.2, 0.25) is 0 Å². The van der Waals surface area contributed by atoms with Crippen LogP contribution in [0.25, 0.3) is 21.3 Å². The molecule has 0 spiro atoms. The van der Waals surface area contributed by atoms with E-state index in [0.717, 1.165) is 32.1 Å². The molecule has 8 nitrogen and oxygen atoms in total. The second-order valence-electron chi connectivity index (χ2n) is 9.98. The molecule has 0 aliphatic rings. The van der Waals surface area contributed by atoms with Crippen molar-refractivity contribution in [3.05, 3.63) is 62.3 Å². The molecule has 36 heavy (non-hydrogen) atoms. The number of hydrogen-bond donors (Lipinski definition) is 3. The van der Waals surface area contributed by atoms with E-state index in [1.807, 2.05) is 40.7 Å². The maximum absolute atomic E-state index is 13.0. The van der Waals surface area contributed by atoms with Crippen LogP contribution in [0.3, 0.4) is 0 Å². The largest absolute Gasteiger partial charge is 0.453 e. The first-order chi connectivity index (χ1) is 16.8. The summed E-state index contributed by atoms with van der Waals surface area (Å²) in [6.45, 7) is 13.0. The Balaban J connectivity index is 2.01. The van der Waals surface area contributed by atoms with Crippen molar-refractivity contribution in [2.24, 2.45) is 7.05 Å². The Morgan fingerprint density at radius 2 is 1.94 bits per heavy atom. The summed E-state index contributed by atoms with van der Waals surface area (Å²) in [6.07, 6.45) is 3.49. The van der Waals surface area contributed by atoms with Crippen LogP contribution in [0.4, 0.5) is 0 Å². The van der Waals surface area contributed by atoms with Gasteiger partial charge in [-0.05, 0) is 66.2 Å². The third kappa shape index (κ3) is 4.56. The lowest BCUT2D eigenvalue weighted by atomic mass is 10.0. The molecule has 0 bridgehead atoms. The van der Waals surface area contributed by atoms with Gasteiger partial charge in [-0.2, -0.15) is 0 Å². The summed E-state index contributed by atoms with van der Waals surface area (Å²) in [5.41, 5.74) is 2.50. The number of H-pyrrole nitrogens is 1. The first kappa shape index (κ1) is 25.7. The monoisotopic (exact) mass is 508 g/mol. The van der Waals surface area contributed by atoms with E-state index < -0.39 is 5.60 Å². The number of ether oxygens (including phenoxy) is 1. The number of aliphatic hydroxyl groups is 1. The fraction of sp³-hybridized carbons (Fsp3) is 0.370. The number of pyridine rings is 2. The van der Waals surface area contributed by atoms with Crippen LogP contribution < -0.4 is 15.6 Å². The van der Waals surface area contributed by atoms with Crippen LogP contribution in [-0.2, 0) is 12.6 Å². The fourth-order valence-electron chi connectivity index (χ4n) is 4.30. The van der Waals surface area contributed by atoms with Gasteiger partial charge in [0.2, 0.25) is 0 Å². The maximum Gasteiger partial charge on any atom is 0.274 e. The van der Waals surface area contributed by atoms with Crippen LogP contribution in [0.1, 0.15) is 59.9 Å². The molecule has 0 saturated heterocycles. The van der Waals surface area contributed by atoms with E-state index in [1.165, 1.54) is 15.9 Å². The number of fused-ring (bicyclic) bond motifs is 1. The zero-order chi connectivity index (χ0) is 26.5. The second-order valence-corrected chi connectivity index (χ2v) is 11.0. The van der Waals surface area contributed by atoms with Gasteiger partial charge in [0.15, 0.2) is 5.75 Å². The molecule has 190 valence electrons. The number of nitrogens with one attached hydrogen (secondary N) is 2. The van der Waals surface area contributed by atoms with E-state index in [2.05, 4.69) is 15.3 Å². The number of carbonyl (C=O) groups is 1. The number of amides is 1. The number of hydrogen-bond acceptors (Lipinski definition) is 6. The van der Waals surface area contributed by atoms with Crippen molar-refractivity contribution < 1.29 is 14.6 Å². The highest BCUT2D eigenvalue weighted by molar-refractivity contribution is 7.16. The Bertz CT molecular complexity index is 1520. The molecule has 4 rings (SSSR count). The highest BCUT2D eigenvalue weighted by Crippen LogP contribution is 2.49. The molecule has 0 saturated carbocycles. The van der Waals surface area contributed by atoms with Crippen LogP contribution in [0.15, 0.2) is 29.3 Å². The fourth-order valence-corrected chi connectivity index (χ4v) is 5.56. The highest BCUT2D eigenvalue weighted by atomic mass is 32.1. The molecule has 4 aromatic heterocycles. The predicted molar refractivity (Wildman–Crippen MR) is 143 cm³/mol.